The molecule has 138 valence electrons. The van der Waals surface area contributed by atoms with Crippen LogP contribution in [0.4, 0.5) is 4.39 Å². The first-order valence-electron chi connectivity index (χ1n) is 7.94. The van der Waals surface area contributed by atoms with Gasteiger partial charge in [0, 0.05) is 6.08 Å². The van der Waals surface area contributed by atoms with E-state index in [1.54, 1.807) is 36.5 Å². The van der Waals surface area contributed by atoms with Gasteiger partial charge >= 0.3 is 5.97 Å². The molecule has 0 aliphatic rings. The van der Waals surface area contributed by atoms with Crippen LogP contribution < -0.4 is 9.47 Å². The number of nitrogens with zero attached hydrogens (tertiary/aromatic N) is 3. The Morgan fingerprint density at radius 2 is 2.00 bits per heavy atom. The van der Waals surface area contributed by atoms with Crippen molar-refractivity contribution in [2.75, 3.05) is 7.11 Å². The predicted molar refractivity (Wildman–Crippen MR) is 95.3 cm³/mol. The number of carbonyl (C=O) groups is 1. The number of halogens is 1. The Morgan fingerprint density at radius 3 is 2.70 bits per heavy atom. The van der Waals surface area contributed by atoms with Gasteiger partial charge in [-0.1, -0.05) is 11.3 Å². The van der Waals surface area contributed by atoms with E-state index in [9.17, 15) is 9.18 Å². The number of aliphatic carboxylic acids is 1. The minimum atomic E-state index is -1.03. The van der Waals surface area contributed by atoms with E-state index in [0.29, 0.717) is 28.4 Å². The van der Waals surface area contributed by atoms with Gasteiger partial charge in [-0.3, -0.25) is 0 Å². The van der Waals surface area contributed by atoms with Gasteiger partial charge in [0.15, 0.2) is 11.5 Å². The topological polar surface area (TPSA) is 86.5 Å². The Bertz CT molecular complexity index is 967. The molecule has 1 heterocycles. The molecule has 0 saturated carbocycles. The minimum absolute atomic E-state index is 0.155. The molecular formula is C19H16FN3O4. The number of methoxy groups -OCH3 is 1. The average Bonchev–Trinajstić information content (AvgIpc) is 3.14. The largest absolute Gasteiger partial charge is 0.493 e. The maximum atomic E-state index is 13.0. The lowest BCUT2D eigenvalue weighted by Gasteiger charge is -2.10. The van der Waals surface area contributed by atoms with Crippen LogP contribution in [0.25, 0.3) is 11.8 Å². The van der Waals surface area contributed by atoms with Gasteiger partial charge in [-0.15, -0.1) is 5.10 Å². The molecular weight excluding hydrogens is 353 g/mol. The van der Waals surface area contributed by atoms with Gasteiger partial charge in [-0.2, -0.15) is 0 Å². The minimum Gasteiger partial charge on any atom is -0.493 e. The molecule has 0 spiro atoms. The molecule has 0 fully saturated rings. The highest BCUT2D eigenvalue weighted by molar-refractivity contribution is 5.85. The molecule has 7 nitrogen and oxygen atoms in total. The summed E-state index contributed by atoms with van der Waals surface area (Å²) < 4.78 is 25.5. The summed E-state index contributed by atoms with van der Waals surface area (Å²) in [5.74, 6) is -0.399. The first kappa shape index (κ1) is 18.1. The Hall–Kier alpha value is -3.68. The molecule has 0 amide bonds. The van der Waals surface area contributed by atoms with Gasteiger partial charge < -0.3 is 14.6 Å². The highest BCUT2D eigenvalue weighted by atomic mass is 19.1. The van der Waals surface area contributed by atoms with E-state index in [1.807, 2.05) is 0 Å². The lowest BCUT2D eigenvalue weighted by molar-refractivity contribution is -0.131. The summed E-state index contributed by atoms with van der Waals surface area (Å²) >= 11 is 0. The molecule has 0 unspecified atom stereocenters. The Morgan fingerprint density at radius 1 is 1.22 bits per heavy atom. The number of ether oxygens (including phenoxy) is 2. The van der Waals surface area contributed by atoms with E-state index in [-0.39, 0.29) is 12.4 Å². The van der Waals surface area contributed by atoms with Crippen molar-refractivity contribution < 1.29 is 23.8 Å². The molecule has 1 aromatic heterocycles. The van der Waals surface area contributed by atoms with E-state index in [0.717, 1.165) is 6.08 Å². The van der Waals surface area contributed by atoms with Crippen molar-refractivity contribution >= 4 is 12.0 Å². The molecule has 3 rings (SSSR count). The van der Waals surface area contributed by atoms with Gasteiger partial charge in [0.05, 0.1) is 19.0 Å². The number of benzene rings is 2. The molecule has 1 N–H and O–H groups in total. The number of carboxylic acid groups (broad SMARTS) is 1. The fraction of sp³-hybridized carbons (Fsp3) is 0.105. The van der Waals surface area contributed by atoms with Gasteiger partial charge in [0.1, 0.15) is 18.1 Å². The highest BCUT2D eigenvalue weighted by Gasteiger charge is 2.08. The van der Waals surface area contributed by atoms with E-state index in [2.05, 4.69) is 10.3 Å². The zero-order chi connectivity index (χ0) is 19.2. The molecule has 0 bridgehead atoms. The Balaban J connectivity index is 1.69. The summed E-state index contributed by atoms with van der Waals surface area (Å²) in [5, 5.41) is 16.7. The number of rotatable bonds is 7. The van der Waals surface area contributed by atoms with Crippen molar-refractivity contribution in [3.8, 4) is 17.2 Å². The second kappa shape index (κ2) is 8.13. The number of carboxylic acids is 1. The van der Waals surface area contributed by atoms with Crippen LogP contribution in [0.15, 0.2) is 54.7 Å². The predicted octanol–water partition coefficient (Wildman–Crippen LogP) is 3.09. The van der Waals surface area contributed by atoms with Crippen LogP contribution in [0, 0.1) is 5.82 Å². The van der Waals surface area contributed by atoms with Crippen LogP contribution >= 0.6 is 0 Å². The SMILES string of the molecule is COc1cc(/C=C/C(=O)O)ccc1OCc1cn(-c2ccc(F)cc2)nn1. The lowest BCUT2D eigenvalue weighted by Crippen LogP contribution is -1.98. The van der Waals surface area contributed by atoms with Crippen molar-refractivity contribution in [2.24, 2.45) is 0 Å². The maximum absolute atomic E-state index is 13.0. The van der Waals surface area contributed by atoms with Crippen molar-refractivity contribution in [1.82, 2.24) is 15.0 Å². The summed E-state index contributed by atoms with van der Waals surface area (Å²) in [6.45, 7) is 0.155. The fourth-order valence-electron chi connectivity index (χ4n) is 2.31. The summed E-state index contributed by atoms with van der Waals surface area (Å²) in [5.41, 5.74) is 1.93. The highest BCUT2D eigenvalue weighted by Crippen LogP contribution is 2.29. The van der Waals surface area contributed by atoms with Crippen LogP contribution in [0.1, 0.15) is 11.3 Å². The van der Waals surface area contributed by atoms with Gasteiger partial charge in [-0.05, 0) is 48.0 Å². The van der Waals surface area contributed by atoms with Crippen molar-refractivity contribution in [3.05, 3.63) is 71.8 Å². The second-order valence-electron chi connectivity index (χ2n) is 5.50. The summed E-state index contributed by atoms with van der Waals surface area (Å²) in [6.07, 6.45) is 4.19. The third kappa shape index (κ3) is 4.69. The van der Waals surface area contributed by atoms with E-state index in [4.69, 9.17) is 14.6 Å². The molecule has 0 atom stereocenters. The van der Waals surface area contributed by atoms with Crippen LogP contribution in [-0.4, -0.2) is 33.2 Å². The second-order valence-corrected chi connectivity index (χ2v) is 5.50. The number of aromatic nitrogens is 3. The van der Waals surface area contributed by atoms with Crippen LogP contribution in [0.3, 0.4) is 0 Å². The molecule has 2 aromatic carbocycles. The Kier molecular flexibility index (Phi) is 5.46. The van der Waals surface area contributed by atoms with E-state index < -0.39 is 5.97 Å². The third-order valence-corrected chi connectivity index (χ3v) is 3.61. The standard InChI is InChI=1S/C19H16FN3O4/c1-26-18-10-13(3-9-19(24)25)2-8-17(18)27-12-15-11-23(22-21-15)16-6-4-14(20)5-7-16/h2-11H,12H2,1H3,(H,24,25)/b9-3+. The molecule has 3 aromatic rings. The molecule has 0 saturated heterocycles. The fourth-order valence-corrected chi connectivity index (χ4v) is 2.31. The number of hydrogen-bond acceptors (Lipinski definition) is 5. The first-order chi connectivity index (χ1) is 13.0. The van der Waals surface area contributed by atoms with E-state index >= 15 is 0 Å². The monoisotopic (exact) mass is 369 g/mol. The van der Waals surface area contributed by atoms with Crippen molar-refractivity contribution in [3.63, 3.8) is 0 Å². The van der Waals surface area contributed by atoms with Crippen LogP contribution in [0.5, 0.6) is 11.5 Å². The zero-order valence-corrected chi connectivity index (χ0v) is 14.4. The van der Waals surface area contributed by atoms with E-state index in [1.165, 1.54) is 30.0 Å². The quantitative estimate of drug-likeness (QED) is 0.644. The zero-order valence-electron chi connectivity index (χ0n) is 14.4. The smallest absolute Gasteiger partial charge is 0.328 e. The first-order valence-corrected chi connectivity index (χ1v) is 7.94. The Labute approximate surface area is 154 Å². The van der Waals surface area contributed by atoms with Gasteiger partial charge in [0.25, 0.3) is 0 Å². The maximum Gasteiger partial charge on any atom is 0.328 e. The van der Waals surface area contributed by atoms with Crippen molar-refractivity contribution in [1.29, 1.82) is 0 Å². The molecule has 27 heavy (non-hydrogen) atoms. The summed E-state index contributed by atoms with van der Waals surface area (Å²) in [7, 11) is 1.50. The van der Waals surface area contributed by atoms with Gasteiger partial charge in [0.2, 0.25) is 0 Å². The van der Waals surface area contributed by atoms with Gasteiger partial charge in [-0.25, -0.2) is 13.9 Å². The number of hydrogen-bond donors (Lipinski definition) is 1. The summed E-state index contributed by atoms with van der Waals surface area (Å²) in [6, 6.07) is 11.0. The van der Waals surface area contributed by atoms with Crippen LogP contribution in [0.2, 0.25) is 0 Å². The lowest BCUT2D eigenvalue weighted by atomic mass is 10.2. The average molecular weight is 369 g/mol. The van der Waals surface area contributed by atoms with Crippen LogP contribution in [-0.2, 0) is 11.4 Å². The molecule has 0 radical (unpaired) electrons. The molecule has 0 aliphatic carbocycles. The summed E-state index contributed by atoms with van der Waals surface area (Å²) in [4.78, 5) is 10.6. The third-order valence-electron chi connectivity index (χ3n) is 3.61. The molecule has 8 heteroatoms. The normalized spacial score (nSPS) is 10.9. The van der Waals surface area contributed by atoms with Crippen molar-refractivity contribution in [2.45, 2.75) is 6.61 Å². The molecule has 0 aliphatic heterocycles.